The number of aliphatic hydroxyl groups excluding tert-OH is 1. The highest BCUT2D eigenvalue weighted by molar-refractivity contribution is 9.10. The van der Waals surface area contributed by atoms with Crippen LogP contribution < -0.4 is 5.32 Å². The minimum absolute atomic E-state index is 0.187. The van der Waals surface area contributed by atoms with Gasteiger partial charge in [-0.2, -0.15) is 0 Å². The zero-order valence-corrected chi connectivity index (χ0v) is 9.26. The lowest BCUT2D eigenvalue weighted by Gasteiger charge is -2.04. The maximum absolute atomic E-state index is 8.58. The summed E-state index contributed by atoms with van der Waals surface area (Å²) in [5.41, 5.74) is 2.48. The van der Waals surface area contributed by atoms with Crippen LogP contribution >= 0.6 is 15.9 Å². The van der Waals surface area contributed by atoms with Gasteiger partial charge in [0.15, 0.2) is 0 Å². The van der Waals surface area contributed by atoms with Crippen molar-refractivity contribution in [1.29, 1.82) is 0 Å². The van der Waals surface area contributed by atoms with Gasteiger partial charge in [-0.05, 0) is 30.2 Å². The van der Waals surface area contributed by atoms with Crippen LogP contribution in [0.5, 0.6) is 0 Å². The van der Waals surface area contributed by atoms with Crippen molar-refractivity contribution < 1.29 is 5.11 Å². The van der Waals surface area contributed by atoms with Gasteiger partial charge in [0.05, 0.1) is 6.61 Å². The molecule has 0 amide bonds. The maximum atomic E-state index is 8.58. The first-order chi connectivity index (χ1) is 6.22. The molecule has 1 aromatic carbocycles. The van der Waals surface area contributed by atoms with Gasteiger partial charge in [0.25, 0.3) is 0 Å². The molecule has 0 spiro atoms. The van der Waals surface area contributed by atoms with Crippen LogP contribution in [0.25, 0.3) is 0 Å². The molecule has 0 bridgehead atoms. The summed E-state index contributed by atoms with van der Waals surface area (Å²) >= 11 is 3.44. The molecule has 0 aliphatic heterocycles. The van der Waals surface area contributed by atoms with Crippen LogP contribution in [0, 0.1) is 6.92 Å². The van der Waals surface area contributed by atoms with E-state index in [4.69, 9.17) is 5.11 Å². The highest BCUT2D eigenvalue weighted by Crippen LogP contribution is 2.14. The van der Waals surface area contributed by atoms with E-state index in [-0.39, 0.29) is 6.61 Å². The van der Waals surface area contributed by atoms with Crippen molar-refractivity contribution in [1.82, 2.24) is 5.32 Å². The summed E-state index contributed by atoms with van der Waals surface area (Å²) in [4.78, 5) is 0. The Morgan fingerprint density at radius 2 is 2.15 bits per heavy atom. The fraction of sp³-hybridized carbons (Fsp3) is 0.400. The normalized spacial score (nSPS) is 10.4. The smallest absolute Gasteiger partial charge is 0.0556 e. The second-order valence-corrected chi connectivity index (χ2v) is 3.95. The van der Waals surface area contributed by atoms with E-state index >= 15 is 0 Å². The first-order valence-electron chi connectivity index (χ1n) is 4.30. The van der Waals surface area contributed by atoms with E-state index in [0.717, 1.165) is 11.0 Å². The second-order valence-electron chi connectivity index (χ2n) is 3.04. The number of hydrogen-bond acceptors (Lipinski definition) is 2. The fourth-order valence-electron chi connectivity index (χ4n) is 1.23. The lowest BCUT2D eigenvalue weighted by molar-refractivity contribution is 0.292. The Morgan fingerprint density at radius 1 is 1.38 bits per heavy atom. The summed E-state index contributed by atoms with van der Waals surface area (Å²) in [7, 11) is 0. The molecule has 2 N–H and O–H groups in total. The predicted molar refractivity (Wildman–Crippen MR) is 57.7 cm³/mol. The van der Waals surface area contributed by atoms with Crippen LogP contribution in [0.1, 0.15) is 11.1 Å². The van der Waals surface area contributed by atoms with Crippen molar-refractivity contribution in [3.63, 3.8) is 0 Å². The van der Waals surface area contributed by atoms with Crippen LogP contribution in [-0.4, -0.2) is 18.3 Å². The molecule has 0 aliphatic rings. The van der Waals surface area contributed by atoms with E-state index in [1.165, 1.54) is 11.1 Å². The van der Waals surface area contributed by atoms with Crippen molar-refractivity contribution in [2.75, 3.05) is 13.2 Å². The van der Waals surface area contributed by atoms with Gasteiger partial charge in [0.2, 0.25) is 0 Å². The zero-order valence-electron chi connectivity index (χ0n) is 7.68. The average molecular weight is 244 g/mol. The highest BCUT2D eigenvalue weighted by Gasteiger charge is 1.95. The lowest BCUT2D eigenvalue weighted by Crippen LogP contribution is -2.17. The van der Waals surface area contributed by atoms with Gasteiger partial charge >= 0.3 is 0 Å². The third-order valence-corrected chi connectivity index (χ3v) is 2.18. The third-order valence-electron chi connectivity index (χ3n) is 1.72. The summed E-state index contributed by atoms with van der Waals surface area (Å²) < 4.78 is 1.10. The number of hydrogen-bond donors (Lipinski definition) is 2. The van der Waals surface area contributed by atoms with Crippen LogP contribution in [0.4, 0.5) is 0 Å². The molecule has 0 aliphatic carbocycles. The van der Waals surface area contributed by atoms with Crippen molar-refractivity contribution in [2.24, 2.45) is 0 Å². The Bertz CT molecular complexity index is 255. The molecule has 0 fully saturated rings. The Morgan fingerprint density at radius 3 is 2.77 bits per heavy atom. The van der Waals surface area contributed by atoms with E-state index in [2.05, 4.69) is 46.4 Å². The summed E-state index contributed by atoms with van der Waals surface area (Å²) in [6.07, 6.45) is 0. The summed E-state index contributed by atoms with van der Waals surface area (Å²) in [5, 5.41) is 11.7. The molecule has 0 heterocycles. The minimum atomic E-state index is 0.187. The van der Waals surface area contributed by atoms with Crippen molar-refractivity contribution in [3.05, 3.63) is 33.8 Å². The fourth-order valence-corrected chi connectivity index (χ4v) is 1.88. The number of aryl methyl sites for hydroxylation is 1. The summed E-state index contributed by atoms with van der Waals surface area (Å²) in [6.45, 7) is 3.71. The number of benzene rings is 1. The predicted octanol–water partition coefficient (Wildman–Crippen LogP) is 1.84. The first kappa shape index (κ1) is 10.7. The first-order valence-corrected chi connectivity index (χ1v) is 5.09. The topological polar surface area (TPSA) is 32.3 Å². The van der Waals surface area contributed by atoms with Gasteiger partial charge in [-0.25, -0.2) is 0 Å². The zero-order chi connectivity index (χ0) is 9.68. The molecule has 0 radical (unpaired) electrons. The molecule has 0 saturated heterocycles. The number of aliphatic hydroxyl groups is 1. The van der Waals surface area contributed by atoms with Crippen molar-refractivity contribution >= 4 is 15.9 Å². The molecule has 2 nitrogen and oxygen atoms in total. The lowest BCUT2D eigenvalue weighted by atomic mass is 10.1. The quantitative estimate of drug-likeness (QED) is 0.792. The standard InChI is InChI=1S/C10H14BrNO/c1-8-4-9(6-10(11)5-8)7-12-2-3-13/h4-6,12-13H,2-3,7H2,1H3. The number of rotatable bonds is 4. The SMILES string of the molecule is Cc1cc(Br)cc(CNCCO)c1. The highest BCUT2D eigenvalue weighted by atomic mass is 79.9. The molecule has 0 saturated carbocycles. The van der Waals surface area contributed by atoms with E-state index in [9.17, 15) is 0 Å². The monoisotopic (exact) mass is 243 g/mol. The molecule has 1 rings (SSSR count). The molecular formula is C10H14BrNO. The number of nitrogens with one attached hydrogen (secondary N) is 1. The van der Waals surface area contributed by atoms with Gasteiger partial charge in [0.1, 0.15) is 0 Å². The van der Waals surface area contributed by atoms with Gasteiger partial charge < -0.3 is 10.4 Å². The van der Waals surface area contributed by atoms with E-state index in [0.29, 0.717) is 6.54 Å². The van der Waals surface area contributed by atoms with E-state index in [1.807, 2.05) is 0 Å². The molecular weight excluding hydrogens is 230 g/mol. The van der Waals surface area contributed by atoms with Gasteiger partial charge in [-0.15, -0.1) is 0 Å². The largest absolute Gasteiger partial charge is 0.395 e. The summed E-state index contributed by atoms with van der Waals surface area (Å²) in [6, 6.07) is 6.29. The molecule has 0 aromatic heterocycles. The average Bonchev–Trinajstić information content (AvgIpc) is 2.03. The van der Waals surface area contributed by atoms with Crippen molar-refractivity contribution in [2.45, 2.75) is 13.5 Å². The molecule has 3 heteroatoms. The molecule has 0 atom stereocenters. The van der Waals surface area contributed by atoms with E-state index in [1.54, 1.807) is 0 Å². The third kappa shape index (κ3) is 3.89. The van der Waals surface area contributed by atoms with Crippen LogP contribution in [0.3, 0.4) is 0 Å². The Balaban J connectivity index is 2.56. The number of halogens is 1. The minimum Gasteiger partial charge on any atom is -0.395 e. The van der Waals surface area contributed by atoms with Crippen LogP contribution in [0.15, 0.2) is 22.7 Å². The Kier molecular flexibility index (Phi) is 4.42. The maximum Gasteiger partial charge on any atom is 0.0556 e. The molecule has 1 aromatic rings. The molecule has 72 valence electrons. The Hall–Kier alpha value is -0.380. The van der Waals surface area contributed by atoms with Crippen LogP contribution in [0.2, 0.25) is 0 Å². The van der Waals surface area contributed by atoms with Crippen molar-refractivity contribution in [3.8, 4) is 0 Å². The van der Waals surface area contributed by atoms with E-state index < -0.39 is 0 Å². The Labute approximate surface area is 87.1 Å². The van der Waals surface area contributed by atoms with Crippen LogP contribution in [-0.2, 0) is 6.54 Å². The van der Waals surface area contributed by atoms with Gasteiger partial charge in [-0.1, -0.05) is 22.0 Å². The molecule has 13 heavy (non-hydrogen) atoms. The molecule has 0 unspecified atom stereocenters. The van der Waals surface area contributed by atoms with Gasteiger partial charge in [0, 0.05) is 17.6 Å². The second kappa shape index (κ2) is 5.37. The summed E-state index contributed by atoms with van der Waals surface area (Å²) in [5.74, 6) is 0. The van der Waals surface area contributed by atoms with Gasteiger partial charge in [-0.3, -0.25) is 0 Å².